The molecular formula is C7H10FN2O4P. The molecule has 0 spiro atoms. The molecule has 6 nitrogen and oxygen atoms in total. The van der Waals surface area contributed by atoms with Crippen molar-refractivity contribution in [3.63, 3.8) is 0 Å². The van der Waals surface area contributed by atoms with Gasteiger partial charge in [0.25, 0.3) is 0 Å². The van der Waals surface area contributed by atoms with Crippen LogP contribution in [0.5, 0.6) is 5.75 Å². The first-order valence-electron chi connectivity index (χ1n) is 3.85. The van der Waals surface area contributed by atoms with Crippen LogP contribution in [0.2, 0.25) is 0 Å². The smallest absolute Gasteiger partial charge is 0.417 e. The molecule has 0 aliphatic carbocycles. The highest BCUT2D eigenvalue weighted by Gasteiger charge is 2.12. The van der Waals surface area contributed by atoms with Crippen molar-refractivity contribution in [2.45, 2.75) is 0 Å². The highest BCUT2D eigenvalue weighted by molar-refractivity contribution is 7.49. The molecule has 15 heavy (non-hydrogen) atoms. The Labute approximate surface area is 85.3 Å². The van der Waals surface area contributed by atoms with E-state index in [1.807, 2.05) is 0 Å². The molecule has 4 N–H and O–H groups in total. The van der Waals surface area contributed by atoms with Gasteiger partial charge in [0.1, 0.15) is 5.75 Å². The lowest BCUT2D eigenvalue weighted by Gasteiger charge is -2.10. The maximum absolute atomic E-state index is 13.2. The third-order valence-corrected chi connectivity index (χ3v) is 1.92. The maximum atomic E-state index is 13.2. The molecule has 0 radical (unpaired) electrons. The molecule has 0 fully saturated rings. The van der Waals surface area contributed by atoms with Crippen molar-refractivity contribution in [1.29, 1.82) is 0 Å². The van der Waals surface area contributed by atoms with Crippen molar-refractivity contribution in [2.24, 2.45) is 0 Å². The van der Waals surface area contributed by atoms with Crippen molar-refractivity contribution in [2.75, 3.05) is 12.5 Å². The van der Waals surface area contributed by atoms with E-state index in [4.69, 9.17) is 14.5 Å². The van der Waals surface area contributed by atoms with Gasteiger partial charge in [0, 0.05) is 6.07 Å². The second-order valence-corrected chi connectivity index (χ2v) is 3.94. The SMILES string of the molecule is COc1ccc(NNP(=O)(O)O)c(F)c1. The number of hydrazine groups is 1. The van der Waals surface area contributed by atoms with E-state index >= 15 is 0 Å². The van der Waals surface area contributed by atoms with E-state index in [2.05, 4.69) is 5.43 Å². The van der Waals surface area contributed by atoms with Gasteiger partial charge < -0.3 is 19.9 Å². The number of rotatable bonds is 4. The van der Waals surface area contributed by atoms with Gasteiger partial charge in [-0.2, -0.15) is 0 Å². The quantitative estimate of drug-likeness (QED) is 0.457. The van der Waals surface area contributed by atoms with Crippen LogP contribution in [-0.4, -0.2) is 16.9 Å². The lowest BCUT2D eigenvalue weighted by molar-refractivity contribution is 0.362. The molecule has 0 bridgehead atoms. The zero-order chi connectivity index (χ0) is 11.5. The molecule has 0 aromatic heterocycles. The van der Waals surface area contributed by atoms with Crippen molar-refractivity contribution >= 4 is 13.4 Å². The third kappa shape index (κ3) is 3.85. The van der Waals surface area contributed by atoms with E-state index < -0.39 is 13.6 Å². The highest BCUT2D eigenvalue weighted by atomic mass is 31.2. The summed E-state index contributed by atoms with van der Waals surface area (Å²) in [5, 5.41) is 1.65. The minimum atomic E-state index is -4.43. The second kappa shape index (κ2) is 4.59. The largest absolute Gasteiger partial charge is 0.497 e. The van der Waals surface area contributed by atoms with Gasteiger partial charge in [-0.25, -0.2) is 8.96 Å². The molecule has 1 aromatic rings. The van der Waals surface area contributed by atoms with Crippen molar-refractivity contribution < 1.29 is 23.5 Å². The summed E-state index contributed by atoms with van der Waals surface area (Å²) < 4.78 is 28.3. The molecule has 84 valence electrons. The normalized spacial score (nSPS) is 11.2. The number of ether oxygens (including phenoxy) is 1. The molecule has 1 aromatic carbocycles. The summed E-state index contributed by atoms with van der Waals surface area (Å²) in [7, 11) is -3.04. The van der Waals surface area contributed by atoms with Gasteiger partial charge in [-0.15, -0.1) is 5.20 Å². The average molecular weight is 236 g/mol. The molecule has 0 saturated carbocycles. The Hall–Kier alpha value is -1.14. The van der Waals surface area contributed by atoms with Crippen molar-refractivity contribution in [3.8, 4) is 5.75 Å². The Balaban J connectivity index is 2.74. The molecular weight excluding hydrogens is 226 g/mol. The lowest BCUT2D eigenvalue weighted by atomic mass is 10.3. The molecule has 0 heterocycles. The summed E-state index contributed by atoms with van der Waals surface area (Å²) in [6, 6.07) is 3.83. The summed E-state index contributed by atoms with van der Waals surface area (Å²) in [6.45, 7) is 0. The fourth-order valence-electron chi connectivity index (χ4n) is 0.857. The molecule has 0 saturated heterocycles. The van der Waals surface area contributed by atoms with E-state index in [0.29, 0.717) is 5.75 Å². The monoisotopic (exact) mass is 236 g/mol. The van der Waals surface area contributed by atoms with Gasteiger partial charge in [0.05, 0.1) is 12.8 Å². The summed E-state index contributed by atoms with van der Waals surface area (Å²) >= 11 is 0. The molecule has 0 unspecified atom stereocenters. The Morgan fingerprint density at radius 3 is 2.60 bits per heavy atom. The predicted molar refractivity (Wildman–Crippen MR) is 51.8 cm³/mol. The van der Waals surface area contributed by atoms with Crippen LogP contribution in [0.3, 0.4) is 0 Å². The average Bonchev–Trinajstić information content (AvgIpc) is 2.14. The maximum Gasteiger partial charge on any atom is 0.417 e. The van der Waals surface area contributed by atoms with Crippen LogP contribution in [-0.2, 0) is 4.57 Å². The van der Waals surface area contributed by atoms with E-state index in [1.165, 1.54) is 19.2 Å². The van der Waals surface area contributed by atoms with Gasteiger partial charge in [0.2, 0.25) is 0 Å². The first kappa shape index (κ1) is 11.9. The zero-order valence-corrected chi connectivity index (χ0v) is 8.66. The number of hydrogen-bond acceptors (Lipinski definition) is 3. The zero-order valence-electron chi connectivity index (χ0n) is 7.77. The molecule has 0 aliphatic heterocycles. The van der Waals surface area contributed by atoms with Gasteiger partial charge in [-0.1, -0.05) is 0 Å². The van der Waals surface area contributed by atoms with E-state index in [-0.39, 0.29) is 5.69 Å². The Bertz CT molecular complexity index is 395. The fourth-order valence-corrected chi connectivity index (χ4v) is 1.12. The number of halogens is 1. The molecule has 0 amide bonds. The summed E-state index contributed by atoms with van der Waals surface area (Å²) in [4.78, 5) is 16.9. The first-order chi connectivity index (χ1) is 6.92. The Kier molecular flexibility index (Phi) is 3.65. The topological polar surface area (TPSA) is 90.8 Å². The molecule has 8 heteroatoms. The summed E-state index contributed by atoms with van der Waals surface area (Å²) in [5.74, 6) is -0.371. The summed E-state index contributed by atoms with van der Waals surface area (Å²) in [6.07, 6.45) is 0. The van der Waals surface area contributed by atoms with E-state index in [0.717, 1.165) is 6.07 Å². The Morgan fingerprint density at radius 1 is 1.47 bits per heavy atom. The van der Waals surface area contributed by atoms with Crippen LogP contribution < -0.4 is 15.4 Å². The predicted octanol–water partition coefficient (Wildman–Crippen LogP) is 0.843. The number of benzene rings is 1. The van der Waals surface area contributed by atoms with Gasteiger partial charge >= 0.3 is 7.75 Å². The number of hydrogen-bond donors (Lipinski definition) is 4. The first-order valence-corrected chi connectivity index (χ1v) is 5.46. The molecule has 0 atom stereocenters. The van der Waals surface area contributed by atoms with Crippen molar-refractivity contribution in [1.82, 2.24) is 5.20 Å². The Morgan fingerprint density at radius 2 is 2.13 bits per heavy atom. The van der Waals surface area contributed by atoms with E-state index in [9.17, 15) is 8.96 Å². The van der Waals surface area contributed by atoms with Crippen LogP contribution in [0.4, 0.5) is 10.1 Å². The third-order valence-electron chi connectivity index (χ3n) is 1.51. The number of methoxy groups -OCH3 is 1. The van der Waals surface area contributed by atoms with Crippen LogP contribution >= 0.6 is 7.75 Å². The molecule has 0 aliphatic rings. The fraction of sp³-hybridized carbons (Fsp3) is 0.143. The van der Waals surface area contributed by atoms with Gasteiger partial charge in [-0.05, 0) is 12.1 Å². The molecule has 1 rings (SSSR count). The van der Waals surface area contributed by atoms with Crippen LogP contribution in [0.25, 0.3) is 0 Å². The van der Waals surface area contributed by atoms with Gasteiger partial charge in [-0.3, -0.25) is 0 Å². The standard InChI is InChI=1S/C7H10FN2O4P/c1-14-5-2-3-7(6(8)4-5)9-10-15(11,12)13/h2-4,9H,1H3,(H3,10,11,12,13). The summed E-state index contributed by atoms with van der Waals surface area (Å²) in [5.41, 5.74) is 1.98. The van der Waals surface area contributed by atoms with Crippen LogP contribution in [0.1, 0.15) is 0 Å². The lowest BCUT2D eigenvalue weighted by Crippen LogP contribution is -2.18. The van der Waals surface area contributed by atoms with Gasteiger partial charge in [0.15, 0.2) is 5.82 Å². The van der Waals surface area contributed by atoms with Crippen LogP contribution in [0, 0.1) is 5.82 Å². The van der Waals surface area contributed by atoms with Crippen LogP contribution in [0.15, 0.2) is 18.2 Å². The minimum Gasteiger partial charge on any atom is -0.497 e. The highest BCUT2D eigenvalue weighted by Crippen LogP contribution is 2.28. The second-order valence-electron chi connectivity index (χ2n) is 2.63. The minimum absolute atomic E-state index is 0.0841. The van der Waals surface area contributed by atoms with Crippen molar-refractivity contribution in [3.05, 3.63) is 24.0 Å². The number of nitrogens with one attached hydrogen (secondary N) is 2. The van der Waals surface area contributed by atoms with E-state index in [1.54, 1.807) is 5.20 Å². The number of anilines is 1.